The Morgan fingerprint density at radius 3 is 1.86 bits per heavy atom. The van der Waals surface area contributed by atoms with Crippen LogP contribution in [0.2, 0.25) is 0 Å². The molecule has 0 aromatic heterocycles. The summed E-state index contributed by atoms with van der Waals surface area (Å²) in [6.45, 7) is -1.19. The summed E-state index contributed by atoms with van der Waals surface area (Å²) in [7, 11) is 0. The first-order valence-electron chi connectivity index (χ1n) is 1.72. The van der Waals surface area contributed by atoms with E-state index in [0.29, 0.717) is 0 Å². The number of alkyl halides is 3. The van der Waals surface area contributed by atoms with E-state index in [9.17, 15) is 13.2 Å². The second-order valence-corrected chi connectivity index (χ2v) is 1.10. The zero-order valence-electron chi connectivity index (χ0n) is 3.50. The Bertz CT molecular complexity index is 48.6. The second kappa shape index (κ2) is 2.16. The standard InChI is InChI=1S/C3H5F3O/c4-2-1-3(5,6)7/h7H,1-2H2. The molecule has 4 heteroatoms. The van der Waals surface area contributed by atoms with E-state index in [0.717, 1.165) is 0 Å². The first kappa shape index (κ1) is 6.75. The van der Waals surface area contributed by atoms with E-state index in [1.54, 1.807) is 0 Å². The van der Waals surface area contributed by atoms with Crippen LogP contribution in [0.15, 0.2) is 0 Å². The molecule has 0 radical (unpaired) electrons. The van der Waals surface area contributed by atoms with Crippen molar-refractivity contribution in [3.8, 4) is 0 Å². The zero-order chi connectivity index (χ0) is 5.91. The van der Waals surface area contributed by atoms with E-state index in [-0.39, 0.29) is 0 Å². The predicted octanol–water partition coefficient (Wildman–Crippen LogP) is 0.931. The van der Waals surface area contributed by atoms with Crippen molar-refractivity contribution in [1.29, 1.82) is 0 Å². The number of aliphatic hydroxyl groups is 1. The van der Waals surface area contributed by atoms with Crippen LogP contribution < -0.4 is 0 Å². The van der Waals surface area contributed by atoms with Crippen molar-refractivity contribution in [2.45, 2.75) is 12.5 Å². The first-order chi connectivity index (χ1) is 3.06. The smallest absolute Gasteiger partial charge is 0.336 e. The second-order valence-electron chi connectivity index (χ2n) is 1.10. The fourth-order valence-corrected chi connectivity index (χ4v) is 0.114. The molecule has 44 valence electrons. The van der Waals surface area contributed by atoms with Crippen molar-refractivity contribution in [2.75, 3.05) is 6.67 Å². The van der Waals surface area contributed by atoms with Gasteiger partial charge in [-0.3, -0.25) is 4.39 Å². The summed E-state index contributed by atoms with van der Waals surface area (Å²) in [6.07, 6.45) is -4.93. The highest BCUT2D eigenvalue weighted by molar-refractivity contribution is 4.44. The lowest BCUT2D eigenvalue weighted by Crippen LogP contribution is -2.14. The molecule has 0 saturated carbocycles. The number of halogens is 3. The molecular weight excluding hydrogens is 109 g/mol. The molecule has 0 rings (SSSR count). The van der Waals surface area contributed by atoms with Crippen LogP contribution in [-0.2, 0) is 0 Å². The maximum Gasteiger partial charge on any atom is 0.355 e. The molecule has 0 aromatic carbocycles. The Morgan fingerprint density at radius 2 is 1.86 bits per heavy atom. The summed E-state index contributed by atoms with van der Waals surface area (Å²) >= 11 is 0. The molecule has 1 nitrogen and oxygen atoms in total. The van der Waals surface area contributed by atoms with E-state index in [2.05, 4.69) is 0 Å². The molecule has 0 bridgehead atoms. The van der Waals surface area contributed by atoms with Crippen molar-refractivity contribution in [1.82, 2.24) is 0 Å². The van der Waals surface area contributed by atoms with E-state index in [1.165, 1.54) is 0 Å². The topological polar surface area (TPSA) is 20.2 Å². The molecule has 0 unspecified atom stereocenters. The summed E-state index contributed by atoms with van der Waals surface area (Å²) in [5.74, 6) is 0. The number of hydrogen-bond acceptors (Lipinski definition) is 1. The number of rotatable bonds is 2. The minimum atomic E-state index is -3.82. The van der Waals surface area contributed by atoms with Gasteiger partial charge in [-0.2, -0.15) is 8.78 Å². The van der Waals surface area contributed by atoms with Crippen molar-refractivity contribution in [3.63, 3.8) is 0 Å². The molecule has 0 amide bonds. The largest absolute Gasteiger partial charge is 0.355 e. The van der Waals surface area contributed by atoms with Gasteiger partial charge in [-0.1, -0.05) is 0 Å². The molecule has 0 aliphatic rings. The highest BCUT2D eigenvalue weighted by atomic mass is 19.3. The van der Waals surface area contributed by atoms with E-state index >= 15 is 0 Å². The molecular formula is C3H5F3O. The SMILES string of the molecule is OC(F)(F)CCF. The lowest BCUT2D eigenvalue weighted by molar-refractivity contribution is -0.204. The molecule has 0 aromatic rings. The molecule has 1 N–H and O–H groups in total. The van der Waals surface area contributed by atoms with Gasteiger partial charge in [-0.25, -0.2) is 0 Å². The van der Waals surface area contributed by atoms with Gasteiger partial charge in [0, 0.05) is 0 Å². The van der Waals surface area contributed by atoms with Crippen molar-refractivity contribution >= 4 is 0 Å². The molecule has 7 heavy (non-hydrogen) atoms. The highest BCUT2D eigenvalue weighted by Crippen LogP contribution is 2.12. The minimum Gasteiger partial charge on any atom is -0.336 e. The Morgan fingerprint density at radius 1 is 1.43 bits per heavy atom. The Balaban J connectivity index is 3.15. The van der Waals surface area contributed by atoms with Gasteiger partial charge in [-0.15, -0.1) is 0 Å². The van der Waals surface area contributed by atoms with Gasteiger partial charge < -0.3 is 5.11 Å². The molecule has 0 aliphatic heterocycles. The van der Waals surface area contributed by atoms with E-state index in [4.69, 9.17) is 5.11 Å². The van der Waals surface area contributed by atoms with Crippen LogP contribution in [0.5, 0.6) is 0 Å². The lowest BCUT2D eigenvalue weighted by Gasteiger charge is -2.02. The van der Waals surface area contributed by atoms with Crippen LogP contribution in [0.1, 0.15) is 6.42 Å². The third-order valence-electron chi connectivity index (χ3n) is 0.395. The van der Waals surface area contributed by atoms with Crippen LogP contribution in [0.3, 0.4) is 0 Å². The van der Waals surface area contributed by atoms with Crippen LogP contribution in [-0.4, -0.2) is 17.9 Å². The summed E-state index contributed by atoms with van der Waals surface area (Å²) < 4.78 is 32.9. The van der Waals surface area contributed by atoms with Crippen LogP contribution in [0.25, 0.3) is 0 Å². The van der Waals surface area contributed by atoms with Crippen molar-refractivity contribution in [3.05, 3.63) is 0 Å². The molecule has 0 heterocycles. The molecule has 0 atom stereocenters. The Labute approximate surface area is 38.8 Å². The molecule has 0 spiro atoms. The summed E-state index contributed by atoms with van der Waals surface area (Å²) in [5.41, 5.74) is 0. The lowest BCUT2D eigenvalue weighted by atomic mass is 10.4. The first-order valence-corrected chi connectivity index (χ1v) is 1.72. The fraction of sp³-hybridized carbons (Fsp3) is 1.00. The van der Waals surface area contributed by atoms with Gasteiger partial charge in [-0.05, 0) is 0 Å². The van der Waals surface area contributed by atoms with Gasteiger partial charge in [0.2, 0.25) is 0 Å². The van der Waals surface area contributed by atoms with E-state index in [1.807, 2.05) is 0 Å². The van der Waals surface area contributed by atoms with Crippen molar-refractivity contribution < 1.29 is 18.3 Å². The fourth-order valence-electron chi connectivity index (χ4n) is 0.114. The summed E-state index contributed by atoms with van der Waals surface area (Å²) in [5, 5.41) is 7.44. The van der Waals surface area contributed by atoms with Gasteiger partial charge in [0.05, 0.1) is 13.1 Å². The number of hydrogen-bond donors (Lipinski definition) is 1. The van der Waals surface area contributed by atoms with Crippen molar-refractivity contribution in [2.24, 2.45) is 0 Å². The zero-order valence-corrected chi connectivity index (χ0v) is 3.50. The summed E-state index contributed by atoms with van der Waals surface area (Å²) in [4.78, 5) is 0. The molecule has 0 saturated heterocycles. The Kier molecular flexibility index (Phi) is 2.08. The van der Waals surface area contributed by atoms with Gasteiger partial charge in [0.25, 0.3) is 0 Å². The summed E-state index contributed by atoms with van der Waals surface area (Å²) in [6, 6.07) is 0. The monoisotopic (exact) mass is 114 g/mol. The third kappa shape index (κ3) is 5.75. The molecule has 0 aliphatic carbocycles. The van der Waals surface area contributed by atoms with Crippen LogP contribution >= 0.6 is 0 Å². The molecule has 0 fully saturated rings. The third-order valence-corrected chi connectivity index (χ3v) is 0.395. The average molecular weight is 114 g/mol. The van der Waals surface area contributed by atoms with Crippen LogP contribution in [0, 0.1) is 0 Å². The predicted molar refractivity (Wildman–Crippen MR) is 17.8 cm³/mol. The maximum atomic E-state index is 11.0. The maximum absolute atomic E-state index is 11.0. The van der Waals surface area contributed by atoms with E-state index < -0.39 is 19.2 Å². The van der Waals surface area contributed by atoms with Gasteiger partial charge in [0.1, 0.15) is 0 Å². The van der Waals surface area contributed by atoms with Gasteiger partial charge in [0.15, 0.2) is 0 Å². The van der Waals surface area contributed by atoms with Gasteiger partial charge >= 0.3 is 6.11 Å². The minimum absolute atomic E-state index is 1.10. The quantitative estimate of drug-likeness (QED) is 0.566. The Hall–Kier alpha value is -0.250. The highest BCUT2D eigenvalue weighted by Gasteiger charge is 2.22. The average Bonchev–Trinajstić information content (AvgIpc) is 1.30. The van der Waals surface area contributed by atoms with Crippen LogP contribution in [0.4, 0.5) is 13.2 Å². The normalized spacial score (nSPS) is 12.0.